The number of urea groups is 1. The monoisotopic (exact) mass is 277 g/mol. The Hall–Kier alpha value is -2.24. The summed E-state index contributed by atoms with van der Waals surface area (Å²) in [6, 6.07) is 7.46. The summed E-state index contributed by atoms with van der Waals surface area (Å²) in [4.78, 5) is 26.1. The molecular weight excluding hydrogens is 258 g/mol. The summed E-state index contributed by atoms with van der Waals surface area (Å²) in [5.41, 5.74) is 0.993. The second kappa shape index (κ2) is 6.27. The van der Waals surface area contributed by atoms with Gasteiger partial charge in [0.05, 0.1) is 19.3 Å². The van der Waals surface area contributed by atoms with Crippen molar-refractivity contribution in [1.29, 1.82) is 0 Å². The van der Waals surface area contributed by atoms with E-state index >= 15 is 0 Å². The summed E-state index contributed by atoms with van der Waals surface area (Å²) >= 11 is 0. The van der Waals surface area contributed by atoms with E-state index in [-0.39, 0.29) is 18.5 Å². The summed E-state index contributed by atoms with van der Waals surface area (Å²) in [7, 11) is 3.60. The number of hydrogen-bond donors (Lipinski definition) is 1. The number of imide groups is 1. The van der Waals surface area contributed by atoms with Gasteiger partial charge in [-0.25, -0.2) is 4.79 Å². The van der Waals surface area contributed by atoms with Crippen molar-refractivity contribution < 1.29 is 14.3 Å². The van der Waals surface area contributed by atoms with E-state index in [1.54, 1.807) is 7.11 Å². The number of rotatable bonds is 6. The Balaban J connectivity index is 1.87. The van der Waals surface area contributed by atoms with E-state index in [4.69, 9.17) is 4.74 Å². The minimum atomic E-state index is -0.296. The topological polar surface area (TPSA) is 61.9 Å². The Labute approximate surface area is 118 Å². The zero-order chi connectivity index (χ0) is 14.5. The molecule has 0 radical (unpaired) electrons. The Bertz CT molecular complexity index is 488. The lowest BCUT2D eigenvalue weighted by molar-refractivity contribution is -0.125. The van der Waals surface area contributed by atoms with Crippen LogP contribution in [-0.2, 0) is 4.79 Å². The molecule has 108 valence electrons. The molecule has 1 saturated heterocycles. The van der Waals surface area contributed by atoms with Crippen molar-refractivity contribution in [2.24, 2.45) is 0 Å². The van der Waals surface area contributed by atoms with Crippen LogP contribution in [0.1, 0.15) is 6.42 Å². The van der Waals surface area contributed by atoms with Crippen molar-refractivity contribution >= 4 is 17.6 Å². The van der Waals surface area contributed by atoms with Crippen LogP contribution in [0.4, 0.5) is 10.5 Å². The van der Waals surface area contributed by atoms with Crippen LogP contribution < -0.4 is 15.0 Å². The van der Waals surface area contributed by atoms with Gasteiger partial charge in [0.2, 0.25) is 5.91 Å². The molecule has 0 saturated carbocycles. The molecule has 0 aliphatic carbocycles. The maximum Gasteiger partial charge on any atom is 0.324 e. The van der Waals surface area contributed by atoms with Crippen LogP contribution in [0.2, 0.25) is 0 Å². The fraction of sp³-hybridized carbons (Fsp3) is 0.429. The van der Waals surface area contributed by atoms with Gasteiger partial charge in [0.15, 0.2) is 0 Å². The Morgan fingerprint density at radius 2 is 2.10 bits per heavy atom. The molecule has 6 heteroatoms. The molecule has 6 nitrogen and oxygen atoms in total. The highest BCUT2D eigenvalue weighted by atomic mass is 16.5. The van der Waals surface area contributed by atoms with Crippen molar-refractivity contribution in [2.75, 3.05) is 38.7 Å². The van der Waals surface area contributed by atoms with Gasteiger partial charge in [-0.05, 0) is 18.6 Å². The molecule has 0 spiro atoms. The maximum atomic E-state index is 11.4. The largest absolute Gasteiger partial charge is 0.495 e. The average Bonchev–Trinajstić information content (AvgIpc) is 2.78. The maximum absolute atomic E-state index is 11.4. The van der Waals surface area contributed by atoms with Gasteiger partial charge in [0.25, 0.3) is 0 Å². The molecule has 2 rings (SSSR count). The standard InChI is InChI=1S/C14H19N3O3/c1-16(11-6-3-4-7-12(11)20-2)8-5-9-17-13(18)10-15-14(17)19/h3-4,6-7H,5,8-10H2,1-2H3,(H,15,19). The van der Waals surface area contributed by atoms with E-state index in [0.717, 1.165) is 18.0 Å². The van der Waals surface area contributed by atoms with Crippen molar-refractivity contribution in [3.8, 4) is 5.75 Å². The first-order chi connectivity index (χ1) is 9.63. The quantitative estimate of drug-likeness (QED) is 0.790. The van der Waals surface area contributed by atoms with Crippen LogP contribution in [0.5, 0.6) is 5.75 Å². The number of amides is 3. The third-order valence-electron chi connectivity index (χ3n) is 3.31. The third-order valence-corrected chi connectivity index (χ3v) is 3.31. The molecular formula is C14H19N3O3. The number of nitrogens with one attached hydrogen (secondary N) is 1. The molecule has 0 atom stereocenters. The lowest BCUT2D eigenvalue weighted by Crippen LogP contribution is -2.33. The van der Waals surface area contributed by atoms with Gasteiger partial charge in [-0.2, -0.15) is 0 Å². The van der Waals surface area contributed by atoms with E-state index in [2.05, 4.69) is 10.2 Å². The predicted octanol–water partition coefficient (Wildman–Crippen LogP) is 1.07. The van der Waals surface area contributed by atoms with Crippen molar-refractivity contribution in [1.82, 2.24) is 10.2 Å². The minimum Gasteiger partial charge on any atom is -0.495 e. The molecule has 1 aliphatic rings. The first-order valence-electron chi connectivity index (χ1n) is 6.56. The van der Waals surface area contributed by atoms with E-state index < -0.39 is 0 Å². The van der Waals surface area contributed by atoms with Gasteiger partial charge in [0, 0.05) is 20.1 Å². The highest BCUT2D eigenvalue weighted by molar-refractivity contribution is 6.01. The van der Waals surface area contributed by atoms with E-state index in [9.17, 15) is 9.59 Å². The Morgan fingerprint density at radius 3 is 2.75 bits per heavy atom. The first kappa shape index (κ1) is 14.2. The molecule has 1 fully saturated rings. The van der Waals surface area contributed by atoms with Gasteiger partial charge in [-0.15, -0.1) is 0 Å². The highest BCUT2D eigenvalue weighted by Gasteiger charge is 2.27. The van der Waals surface area contributed by atoms with Crippen LogP contribution in [0.25, 0.3) is 0 Å². The van der Waals surface area contributed by atoms with Crippen molar-refractivity contribution in [3.63, 3.8) is 0 Å². The summed E-state index contributed by atoms with van der Waals surface area (Å²) in [6.45, 7) is 1.28. The molecule has 20 heavy (non-hydrogen) atoms. The number of para-hydroxylation sites is 2. The van der Waals surface area contributed by atoms with Gasteiger partial charge in [-0.1, -0.05) is 12.1 Å². The van der Waals surface area contributed by atoms with Crippen LogP contribution in [0.15, 0.2) is 24.3 Å². The SMILES string of the molecule is COc1ccccc1N(C)CCCN1C(=O)CNC1=O. The van der Waals surface area contributed by atoms with E-state index in [1.165, 1.54) is 4.90 Å². The molecule has 0 aromatic heterocycles. The molecule has 1 aromatic carbocycles. The molecule has 1 N–H and O–H groups in total. The van der Waals surface area contributed by atoms with E-state index in [1.807, 2.05) is 31.3 Å². The summed E-state index contributed by atoms with van der Waals surface area (Å²) in [5.74, 6) is 0.653. The van der Waals surface area contributed by atoms with Crippen molar-refractivity contribution in [2.45, 2.75) is 6.42 Å². The van der Waals surface area contributed by atoms with Gasteiger partial charge < -0.3 is 15.0 Å². The predicted molar refractivity (Wildman–Crippen MR) is 76.0 cm³/mol. The summed E-state index contributed by atoms with van der Waals surface area (Å²) in [6.07, 6.45) is 0.716. The second-order valence-electron chi connectivity index (χ2n) is 4.65. The summed E-state index contributed by atoms with van der Waals surface area (Å²) < 4.78 is 5.31. The molecule has 1 aliphatic heterocycles. The van der Waals surface area contributed by atoms with E-state index in [0.29, 0.717) is 13.0 Å². The first-order valence-corrected chi connectivity index (χ1v) is 6.56. The number of carbonyl (C=O) groups is 2. The molecule has 3 amide bonds. The second-order valence-corrected chi connectivity index (χ2v) is 4.65. The van der Waals surface area contributed by atoms with Crippen molar-refractivity contribution in [3.05, 3.63) is 24.3 Å². The smallest absolute Gasteiger partial charge is 0.324 e. The number of nitrogens with zero attached hydrogens (tertiary/aromatic N) is 2. The fourth-order valence-corrected chi connectivity index (χ4v) is 2.21. The number of methoxy groups -OCH3 is 1. The molecule has 0 bridgehead atoms. The van der Waals surface area contributed by atoms with Crippen LogP contribution in [-0.4, -0.2) is 50.6 Å². The van der Waals surface area contributed by atoms with Crippen LogP contribution in [0.3, 0.4) is 0 Å². The molecule has 1 heterocycles. The number of ether oxygens (including phenoxy) is 1. The number of carbonyl (C=O) groups excluding carboxylic acids is 2. The van der Waals surface area contributed by atoms with Gasteiger partial charge in [-0.3, -0.25) is 9.69 Å². The number of anilines is 1. The molecule has 0 unspecified atom stereocenters. The molecule has 1 aromatic rings. The van der Waals surface area contributed by atoms with Gasteiger partial charge in [0.1, 0.15) is 5.75 Å². The normalized spacial score (nSPS) is 14.4. The highest BCUT2D eigenvalue weighted by Crippen LogP contribution is 2.26. The van der Waals surface area contributed by atoms with Crippen LogP contribution in [0, 0.1) is 0 Å². The van der Waals surface area contributed by atoms with Gasteiger partial charge >= 0.3 is 6.03 Å². The Kier molecular flexibility index (Phi) is 4.45. The zero-order valence-corrected chi connectivity index (χ0v) is 11.8. The number of hydrogen-bond acceptors (Lipinski definition) is 4. The summed E-state index contributed by atoms with van der Waals surface area (Å²) in [5, 5.41) is 2.51. The minimum absolute atomic E-state index is 0.112. The average molecular weight is 277 g/mol. The fourth-order valence-electron chi connectivity index (χ4n) is 2.21. The zero-order valence-electron chi connectivity index (χ0n) is 11.8. The number of benzene rings is 1. The lowest BCUT2D eigenvalue weighted by atomic mass is 10.2. The van der Waals surface area contributed by atoms with Crippen LogP contribution >= 0.6 is 0 Å². The Morgan fingerprint density at radius 1 is 1.35 bits per heavy atom. The lowest BCUT2D eigenvalue weighted by Gasteiger charge is -2.22. The third kappa shape index (κ3) is 3.01.